The second kappa shape index (κ2) is 7.28. The molecule has 5 nitrogen and oxygen atoms in total. The van der Waals surface area contributed by atoms with Crippen LogP contribution in [0, 0.1) is 5.82 Å². The molecule has 2 aromatic carbocycles. The van der Waals surface area contributed by atoms with Crippen LogP contribution in [0.15, 0.2) is 53.9 Å². The van der Waals surface area contributed by atoms with Crippen LogP contribution in [-0.4, -0.2) is 22.8 Å². The van der Waals surface area contributed by atoms with Crippen molar-refractivity contribution in [2.45, 2.75) is 18.9 Å². The van der Waals surface area contributed by atoms with Crippen LogP contribution in [0.3, 0.4) is 0 Å². The first kappa shape index (κ1) is 17.4. The monoisotopic (exact) mass is 381 g/mol. The lowest BCUT2D eigenvalue weighted by Crippen LogP contribution is -2.27. The van der Waals surface area contributed by atoms with Crippen molar-refractivity contribution in [3.63, 3.8) is 0 Å². The number of thiazole rings is 1. The minimum atomic E-state index is -0.397. The third-order valence-corrected chi connectivity index (χ3v) is 5.05. The fourth-order valence-corrected chi connectivity index (χ4v) is 3.38. The number of anilines is 1. The van der Waals surface area contributed by atoms with E-state index in [-0.39, 0.29) is 23.5 Å². The van der Waals surface area contributed by atoms with E-state index in [4.69, 9.17) is 0 Å². The predicted molar refractivity (Wildman–Crippen MR) is 102 cm³/mol. The SMILES string of the molecule is O=C(Nc1ccccc1C(=O)NC1CC1)c1csc(-c2ccc(F)cc2)n1. The lowest BCUT2D eigenvalue weighted by Gasteiger charge is -2.10. The summed E-state index contributed by atoms with van der Waals surface area (Å²) in [6, 6.07) is 13.1. The highest BCUT2D eigenvalue weighted by Gasteiger charge is 2.25. The van der Waals surface area contributed by atoms with Gasteiger partial charge in [0.1, 0.15) is 16.5 Å². The van der Waals surface area contributed by atoms with Crippen LogP contribution in [0.4, 0.5) is 10.1 Å². The van der Waals surface area contributed by atoms with Gasteiger partial charge in [-0.05, 0) is 49.2 Å². The van der Waals surface area contributed by atoms with E-state index in [1.807, 2.05) is 0 Å². The standard InChI is InChI=1S/C20H16FN3O2S/c21-13-7-5-12(6-8-13)20-24-17(11-27-20)19(26)23-16-4-2-1-3-15(16)18(25)22-14-9-10-14/h1-8,11,14H,9-10H2,(H,22,25)(H,23,26). The van der Waals surface area contributed by atoms with Gasteiger partial charge in [-0.25, -0.2) is 9.37 Å². The third-order valence-electron chi connectivity index (χ3n) is 4.16. The number of carbonyl (C=O) groups excluding carboxylic acids is 2. The minimum Gasteiger partial charge on any atom is -0.349 e. The summed E-state index contributed by atoms with van der Waals surface area (Å²) >= 11 is 1.30. The summed E-state index contributed by atoms with van der Waals surface area (Å²) in [4.78, 5) is 29.2. The van der Waals surface area contributed by atoms with Gasteiger partial charge in [0.15, 0.2) is 0 Å². The van der Waals surface area contributed by atoms with E-state index < -0.39 is 5.91 Å². The number of para-hydroxylation sites is 1. The maximum Gasteiger partial charge on any atom is 0.275 e. The van der Waals surface area contributed by atoms with Crippen LogP contribution in [-0.2, 0) is 0 Å². The Hall–Kier alpha value is -3.06. The number of hydrogen-bond acceptors (Lipinski definition) is 4. The summed E-state index contributed by atoms with van der Waals surface area (Å²) in [6.07, 6.45) is 1.98. The number of hydrogen-bond donors (Lipinski definition) is 2. The zero-order chi connectivity index (χ0) is 18.8. The highest BCUT2D eigenvalue weighted by atomic mass is 32.1. The van der Waals surface area contributed by atoms with Crippen LogP contribution in [0.5, 0.6) is 0 Å². The Balaban J connectivity index is 1.51. The summed E-state index contributed by atoms with van der Waals surface area (Å²) in [5.74, 6) is -0.917. The Kier molecular flexibility index (Phi) is 4.68. The number of halogens is 1. The number of rotatable bonds is 5. The number of amides is 2. The molecule has 1 aliphatic rings. The van der Waals surface area contributed by atoms with Gasteiger partial charge in [-0.1, -0.05) is 12.1 Å². The lowest BCUT2D eigenvalue weighted by atomic mass is 10.1. The van der Waals surface area contributed by atoms with Crippen molar-refractivity contribution in [3.8, 4) is 10.6 Å². The second-order valence-electron chi connectivity index (χ2n) is 6.29. The molecule has 2 N–H and O–H groups in total. The highest BCUT2D eigenvalue weighted by molar-refractivity contribution is 7.13. The van der Waals surface area contributed by atoms with Gasteiger partial charge in [-0.15, -0.1) is 11.3 Å². The van der Waals surface area contributed by atoms with Crippen molar-refractivity contribution in [1.82, 2.24) is 10.3 Å². The number of benzene rings is 2. The second-order valence-corrected chi connectivity index (χ2v) is 7.15. The zero-order valence-electron chi connectivity index (χ0n) is 14.2. The first-order chi connectivity index (χ1) is 13.1. The number of nitrogens with one attached hydrogen (secondary N) is 2. The van der Waals surface area contributed by atoms with Gasteiger partial charge in [0, 0.05) is 17.0 Å². The summed E-state index contributed by atoms with van der Waals surface area (Å²) in [5, 5.41) is 7.94. The first-order valence-corrected chi connectivity index (χ1v) is 9.41. The molecule has 0 radical (unpaired) electrons. The van der Waals surface area contributed by atoms with Gasteiger partial charge < -0.3 is 10.6 Å². The van der Waals surface area contributed by atoms with E-state index in [1.165, 1.54) is 23.5 Å². The van der Waals surface area contributed by atoms with Crippen molar-refractivity contribution < 1.29 is 14.0 Å². The molecule has 1 aromatic heterocycles. The Bertz CT molecular complexity index is 996. The molecule has 0 saturated heterocycles. The number of aromatic nitrogens is 1. The van der Waals surface area contributed by atoms with E-state index in [1.54, 1.807) is 41.8 Å². The average Bonchev–Trinajstić information content (AvgIpc) is 3.34. The molecule has 1 heterocycles. The van der Waals surface area contributed by atoms with Crippen LogP contribution in [0.25, 0.3) is 10.6 Å². The van der Waals surface area contributed by atoms with Crippen LogP contribution < -0.4 is 10.6 Å². The van der Waals surface area contributed by atoms with Crippen LogP contribution in [0.1, 0.15) is 33.7 Å². The molecule has 0 spiro atoms. The van der Waals surface area contributed by atoms with Crippen molar-refractivity contribution >= 4 is 28.8 Å². The summed E-state index contributed by atoms with van der Waals surface area (Å²) in [5.41, 5.74) is 1.85. The molecule has 1 saturated carbocycles. The molecule has 3 aromatic rings. The summed E-state index contributed by atoms with van der Waals surface area (Å²) < 4.78 is 13.1. The van der Waals surface area contributed by atoms with Crippen molar-refractivity contribution in [3.05, 3.63) is 71.0 Å². The maximum absolute atomic E-state index is 13.1. The molecular weight excluding hydrogens is 365 g/mol. The molecule has 1 fully saturated rings. The van der Waals surface area contributed by atoms with Gasteiger partial charge in [0.2, 0.25) is 0 Å². The quantitative estimate of drug-likeness (QED) is 0.699. The summed E-state index contributed by atoms with van der Waals surface area (Å²) in [7, 11) is 0. The molecule has 4 rings (SSSR count). The van der Waals surface area contributed by atoms with Gasteiger partial charge >= 0.3 is 0 Å². The molecule has 1 aliphatic carbocycles. The van der Waals surface area contributed by atoms with Crippen LogP contribution >= 0.6 is 11.3 Å². The maximum atomic E-state index is 13.1. The number of carbonyl (C=O) groups is 2. The van der Waals surface area contributed by atoms with Crippen LogP contribution in [0.2, 0.25) is 0 Å². The van der Waals surface area contributed by atoms with Crippen molar-refractivity contribution in [1.29, 1.82) is 0 Å². The minimum absolute atomic E-state index is 0.196. The molecule has 7 heteroatoms. The number of nitrogens with zero attached hydrogens (tertiary/aromatic N) is 1. The fourth-order valence-electron chi connectivity index (χ4n) is 2.57. The molecule has 0 atom stereocenters. The third kappa shape index (κ3) is 4.03. The molecule has 0 aliphatic heterocycles. The molecule has 27 heavy (non-hydrogen) atoms. The Morgan fingerprint density at radius 1 is 1.04 bits per heavy atom. The van der Waals surface area contributed by atoms with E-state index in [2.05, 4.69) is 15.6 Å². The van der Waals surface area contributed by atoms with Crippen molar-refractivity contribution in [2.24, 2.45) is 0 Å². The average molecular weight is 381 g/mol. The van der Waals surface area contributed by atoms with Gasteiger partial charge in [-0.3, -0.25) is 9.59 Å². The van der Waals surface area contributed by atoms with E-state index in [0.717, 1.165) is 18.4 Å². The van der Waals surface area contributed by atoms with E-state index in [0.29, 0.717) is 16.3 Å². The lowest BCUT2D eigenvalue weighted by molar-refractivity contribution is 0.0952. The zero-order valence-corrected chi connectivity index (χ0v) is 15.1. The molecule has 0 unspecified atom stereocenters. The normalized spacial score (nSPS) is 13.2. The Morgan fingerprint density at radius 2 is 1.78 bits per heavy atom. The molecule has 136 valence electrons. The Morgan fingerprint density at radius 3 is 2.52 bits per heavy atom. The van der Waals surface area contributed by atoms with Gasteiger partial charge in [0.05, 0.1) is 11.3 Å². The first-order valence-electron chi connectivity index (χ1n) is 8.53. The summed E-state index contributed by atoms with van der Waals surface area (Å²) in [6.45, 7) is 0. The van der Waals surface area contributed by atoms with Gasteiger partial charge in [-0.2, -0.15) is 0 Å². The van der Waals surface area contributed by atoms with E-state index in [9.17, 15) is 14.0 Å². The van der Waals surface area contributed by atoms with E-state index >= 15 is 0 Å². The predicted octanol–water partition coefficient (Wildman–Crippen LogP) is 4.09. The largest absolute Gasteiger partial charge is 0.349 e. The van der Waals surface area contributed by atoms with Gasteiger partial charge in [0.25, 0.3) is 11.8 Å². The fraction of sp³-hybridized carbons (Fsp3) is 0.150. The highest BCUT2D eigenvalue weighted by Crippen LogP contribution is 2.25. The molecular formula is C20H16FN3O2S. The van der Waals surface area contributed by atoms with Crippen molar-refractivity contribution in [2.75, 3.05) is 5.32 Å². The topological polar surface area (TPSA) is 71.1 Å². The molecule has 2 amide bonds. The smallest absolute Gasteiger partial charge is 0.275 e. The molecule has 0 bridgehead atoms. The Labute approximate surface area is 159 Å².